The molecule has 1 amide bonds. The van der Waals surface area contributed by atoms with E-state index < -0.39 is 8.03 Å². The van der Waals surface area contributed by atoms with Crippen molar-refractivity contribution in [3.05, 3.63) is 0 Å². The third-order valence-electron chi connectivity index (χ3n) is 1.25. The van der Waals surface area contributed by atoms with E-state index in [0.717, 1.165) is 6.42 Å². The predicted molar refractivity (Wildman–Crippen MR) is 48.8 cm³/mol. The monoisotopic (exact) mass is 193 g/mol. The minimum Gasteiger partial charge on any atom is -0.356 e. The van der Waals surface area contributed by atoms with Crippen LogP contribution in [0.1, 0.15) is 20.3 Å². The molecule has 0 radical (unpaired) electrons. The van der Waals surface area contributed by atoms with Gasteiger partial charge in [-0.2, -0.15) is 0 Å². The first-order valence-corrected chi connectivity index (χ1v) is 5.59. The van der Waals surface area contributed by atoms with E-state index in [9.17, 15) is 9.36 Å². The van der Waals surface area contributed by atoms with Gasteiger partial charge in [0.2, 0.25) is 5.91 Å². The van der Waals surface area contributed by atoms with Gasteiger partial charge in [0.1, 0.15) is 0 Å². The smallest absolute Gasteiger partial charge is 0.216 e. The number of rotatable bonds is 6. The number of amides is 1. The van der Waals surface area contributed by atoms with Crippen molar-refractivity contribution in [2.75, 3.05) is 19.3 Å². The van der Waals surface area contributed by atoms with Crippen LogP contribution in [0.2, 0.25) is 0 Å². The van der Waals surface area contributed by atoms with Gasteiger partial charge in [-0.25, -0.2) is 0 Å². The summed E-state index contributed by atoms with van der Waals surface area (Å²) in [4.78, 5) is 10.4. The van der Waals surface area contributed by atoms with Crippen LogP contribution in [0, 0.1) is 0 Å². The van der Waals surface area contributed by atoms with Crippen LogP contribution in [-0.4, -0.2) is 25.2 Å². The molecular formula is C7H16NO3P. The molecule has 0 aliphatic rings. The summed E-state index contributed by atoms with van der Waals surface area (Å²) in [5.41, 5.74) is 0. The van der Waals surface area contributed by atoms with Crippen molar-refractivity contribution in [3.63, 3.8) is 0 Å². The Kier molecular flexibility index (Phi) is 7.11. The molecule has 5 heteroatoms. The van der Waals surface area contributed by atoms with Crippen molar-refractivity contribution >= 4 is 13.9 Å². The number of hydrogen-bond acceptors (Lipinski definition) is 3. The Balaban J connectivity index is 3.11. The lowest BCUT2D eigenvalue weighted by molar-refractivity contribution is -0.118. The molecular weight excluding hydrogens is 177 g/mol. The molecule has 0 spiro atoms. The maximum Gasteiger partial charge on any atom is 0.216 e. The first kappa shape index (κ1) is 11.7. The Bertz CT molecular complexity index is 161. The quantitative estimate of drug-likeness (QED) is 0.506. The second kappa shape index (κ2) is 7.32. The first-order valence-electron chi connectivity index (χ1n) is 4.07. The predicted octanol–water partition coefficient (Wildman–Crippen LogP) is 1.02. The minimum atomic E-state index is -1.79. The number of carbonyl (C=O) groups excluding carboxylic acids is 1. The highest BCUT2D eigenvalue weighted by Gasteiger charge is 1.95. The molecule has 1 atom stereocenters. The van der Waals surface area contributed by atoms with Crippen LogP contribution in [0.5, 0.6) is 0 Å². The van der Waals surface area contributed by atoms with Gasteiger partial charge >= 0.3 is 0 Å². The summed E-state index contributed by atoms with van der Waals surface area (Å²) >= 11 is 0. The van der Waals surface area contributed by atoms with Crippen molar-refractivity contribution in [3.8, 4) is 0 Å². The second-order valence-corrected chi connectivity index (χ2v) is 4.15. The van der Waals surface area contributed by atoms with Gasteiger partial charge in [0.05, 0.1) is 6.61 Å². The van der Waals surface area contributed by atoms with E-state index in [1.165, 1.54) is 6.92 Å². The maximum absolute atomic E-state index is 10.8. The summed E-state index contributed by atoms with van der Waals surface area (Å²) in [6, 6.07) is 0. The molecule has 4 nitrogen and oxygen atoms in total. The summed E-state index contributed by atoms with van der Waals surface area (Å²) in [6.07, 6.45) is 1.31. The van der Waals surface area contributed by atoms with Gasteiger partial charge < -0.3 is 9.84 Å². The van der Waals surface area contributed by atoms with E-state index >= 15 is 0 Å². The molecule has 0 heterocycles. The highest BCUT2D eigenvalue weighted by atomic mass is 31.1. The molecule has 0 aliphatic carbocycles. The van der Waals surface area contributed by atoms with Crippen molar-refractivity contribution in [2.24, 2.45) is 0 Å². The van der Waals surface area contributed by atoms with E-state index in [0.29, 0.717) is 19.3 Å². The van der Waals surface area contributed by atoms with Gasteiger partial charge in [0, 0.05) is 19.6 Å². The largest absolute Gasteiger partial charge is 0.356 e. The Morgan fingerprint density at radius 1 is 1.58 bits per heavy atom. The van der Waals surface area contributed by atoms with Crippen LogP contribution in [0.3, 0.4) is 0 Å². The summed E-state index contributed by atoms with van der Waals surface area (Å²) in [7, 11) is -1.79. The molecule has 12 heavy (non-hydrogen) atoms. The van der Waals surface area contributed by atoms with Gasteiger partial charge in [0.25, 0.3) is 0 Å². The standard InChI is InChI=1S/C7H16NO3P/c1-3-12(10)11-6-4-5-8-7(2)9/h12H,3-6H2,1-2H3,(H,8,9). The zero-order valence-electron chi connectivity index (χ0n) is 7.55. The third kappa shape index (κ3) is 7.76. The van der Waals surface area contributed by atoms with E-state index in [1.807, 2.05) is 6.92 Å². The summed E-state index contributed by atoms with van der Waals surface area (Å²) in [5, 5.41) is 2.63. The van der Waals surface area contributed by atoms with E-state index in [2.05, 4.69) is 5.32 Å². The zero-order valence-corrected chi connectivity index (χ0v) is 8.55. The number of carbonyl (C=O) groups is 1. The molecule has 0 saturated heterocycles. The molecule has 1 N–H and O–H groups in total. The van der Waals surface area contributed by atoms with Crippen LogP contribution < -0.4 is 5.32 Å². The SMILES string of the molecule is CC[PH](=O)OCCCNC(C)=O. The molecule has 1 unspecified atom stereocenters. The molecule has 0 fully saturated rings. The molecule has 0 rings (SSSR count). The molecule has 72 valence electrons. The van der Waals surface area contributed by atoms with Crippen molar-refractivity contribution in [2.45, 2.75) is 20.3 Å². The van der Waals surface area contributed by atoms with Gasteiger partial charge in [-0.1, -0.05) is 6.92 Å². The molecule has 0 saturated carbocycles. The number of hydrogen-bond donors (Lipinski definition) is 1. The normalized spacial score (nSPS) is 12.5. The van der Waals surface area contributed by atoms with Crippen LogP contribution in [0.15, 0.2) is 0 Å². The molecule has 0 aromatic carbocycles. The lowest BCUT2D eigenvalue weighted by Gasteiger charge is -2.02. The molecule has 0 bridgehead atoms. The summed E-state index contributed by atoms with van der Waals surface area (Å²) in [5.74, 6) is -0.0434. The summed E-state index contributed by atoms with van der Waals surface area (Å²) in [6.45, 7) is 4.35. The molecule has 0 aromatic rings. The first-order chi connectivity index (χ1) is 5.66. The van der Waals surface area contributed by atoms with Gasteiger partial charge in [-0.15, -0.1) is 0 Å². The fourth-order valence-electron chi connectivity index (χ4n) is 0.625. The Morgan fingerprint density at radius 2 is 2.25 bits per heavy atom. The van der Waals surface area contributed by atoms with Crippen LogP contribution in [-0.2, 0) is 13.9 Å². The van der Waals surface area contributed by atoms with Crippen molar-refractivity contribution < 1.29 is 13.9 Å². The Labute approximate surface area is 73.5 Å². The lowest BCUT2D eigenvalue weighted by Crippen LogP contribution is -2.21. The topological polar surface area (TPSA) is 55.4 Å². The fraction of sp³-hybridized carbons (Fsp3) is 0.857. The fourth-order valence-corrected chi connectivity index (χ4v) is 1.20. The van der Waals surface area contributed by atoms with E-state index in [-0.39, 0.29) is 5.91 Å². The Morgan fingerprint density at radius 3 is 2.75 bits per heavy atom. The van der Waals surface area contributed by atoms with Crippen LogP contribution in [0.4, 0.5) is 0 Å². The van der Waals surface area contributed by atoms with E-state index in [1.54, 1.807) is 0 Å². The highest BCUT2D eigenvalue weighted by molar-refractivity contribution is 7.39. The zero-order chi connectivity index (χ0) is 9.40. The van der Waals surface area contributed by atoms with Gasteiger partial charge in [-0.3, -0.25) is 9.36 Å². The summed E-state index contributed by atoms with van der Waals surface area (Å²) < 4.78 is 15.8. The van der Waals surface area contributed by atoms with Crippen LogP contribution in [0.25, 0.3) is 0 Å². The maximum atomic E-state index is 10.8. The Hall–Kier alpha value is -0.340. The molecule has 0 aliphatic heterocycles. The van der Waals surface area contributed by atoms with Crippen molar-refractivity contribution in [1.82, 2.24) is 5.32 Å². The highest BCUT2D eigenvalue weighted by Crippen LogP contribution is 2.20. The molecule has 0 aromatic heterocycles. The number of nitrogens with one attached hydrogen (secondary N) is 1. The van der Waals surface area contributed by atoms with E-state index in [4.69, 9.17) is 4.52 Å². The van der Waals surface area contributed by atoms with Crippen molar-refractivity contribution in [1.29, 1.82) is 0 Å². The second-order valence-electron chi connectivity index (χ2n) is 2.41. The average molecular weight is 193 g/mol. The average Bonchev–Trinajstić information content (AvgIpc) is 2.03. The third-order valence-corrected chi connectivity index (χ3v) is 2.35. The van der Waals surface area contributed by atoms with Gasteiger partial charge in [0.15, 0.2) is 8.03 Å². The lowest BCUT2D eigenvalue weighted by atomic mass is 10.4. The van der Waals surface area contributed by atoms with Gasteiger partial charge in [-0.05, 0) is 6.42 Å². The van der Waals surface area contributed by atoms with Crippen LogP contribution >= 0.6 is 8.03 Å². The minimum absolute atomic E-state index is 0.0434.